The second-order valence-electron chi connectivity index (χ2n) is 10.3. The number of nitrogens with zero attached hydrogens (tertiary/aromatic N) is 4. The number of halogens is 3. The number of rotatable bonds is 7. The first-order valence-corrected chi connectivity index (χ1v) is 14.3. The Morgan fingerprint density at radius 1 is 1.12 bits per heavy atom. The zero-order chi connectivity index (χ0) is 30.4. The predicted molar refractivity (Wildman–Crippen MR) is 155 cm³/mol. The zero-order valence-electron chi connectivity index (χ0n) is 23.3. The van der Waals surface area contributed by atoms with E-state index >= 15 is 4.39 Å². The van der Waals surface area contributed by atoms with E-state index in [1.54, 1.807) is 11.8 Å². The highest BCUT2D eigenvalue weighted by atomic mass is 35.5. The largest absolute Gasteiger partial charge is 0.394 e. The van der Waals surface area contributed by atoms with Gasteiger partial charge in [0.1, 0.15) is 11.6 Å². The molecular weight excluding hydrogens is 586 g/mol. The van der Waals surface area contributed by atoms with Crippen LogP contribution in [0.4, 0.5) is 4.39 Å². The van der Waals surface area contributed by atoms with Crippen molar-refractivity contribution in [2.75, 3.05) is 26.3 Å². The lowest BCUT2D eigenvalue weighted by atomic mass is 9.76. The summed E-state index contributed by atoms with van der Waals surface area (Å²) in [4.78, 5) is 36.3. The molecule has 0 bridgehead atoms. The molecule has 2 aliphatic rings. The zero-order valence-corrected chi connectivity index (χ0v) is 24.9. The van der Waals surface area contributed by atoms with Gasteiger partial charge in [0.05, 0.1) is 35.9 Å². The number of fused-ring (bicyclic) bond motifs is 1. The van der Waals surface area contributed by atoms with Gasteiger partial charge in [-0.1, -0.05) is 41.4 Å². The van der Waals surface area contributed by atoms with Gasteiger partial charge in [-0.2, -0.15) is 0 Å². The third kappa shape index (κ3) is 7.25. The van der Waals surface area contributed by atoms with Crippen molar-refractivity contribution in [2.24, 2.45) is 5.92 Å². The van der Waals surface area contributed by atoms with Crippen molar-refractivity contribution < 1.29 is 28.9 Å². The Bertz CT molecular complexity index is 1390. The topological polar surface area (TPSA) is 116 Å². The summed E-state index contributed by atoms with van der Waals surface area (Å²) >= 11 is 11.4. The van der Waals surface area contributed by atoms with Gasteiger partial charge < -0.3 is 24.7 Å². The molecule has 1 unspecified atom stereocenters. The van der Waals surface area contributed by atoms with Crippen molar-refractivity contribution in [3.8, 4) is 0 Å². The van der Waals surface area contributed by atoms with Crippen molar-refractivity contribution >= 4 is 35.0 Å². The van der Waals surface area contributed by atoms with E-state index in [1.165, 1.54) is 36.4 Å². The molecule has 1 fully saturated rings. The molecule has 9 nitrogen and oxygen atoms in total. The Kier molecular flexibility index (Phi) is 10.5. The first-order valence-electron chi connectivity index (χ1n) is 13.5. The summed E-state index contributed by atoms with van der Waals surface area (Å²) < 4.78 is 21.1. The van der Waals surface area contributed by atoms with Crippen LogP contribution in [0.2, 0.25) is 10.0 Å². The summed E-state index contributed by atoms with van der Waals surface area (Å²) in [7, 11) is 0. The van der Waals surface area contributed by atoms with Crippen LogP contribution in [0.15, 0.2) is 54.9 Å². The van der Waals surface area contributed by atoms with Gasteiger partial charge in [0, 0.05) is 43.0 Å². The van der Waals surface area contributed by atoms with Crippen LogP contribution in [0.1, 0.15) is 60.2 Å². The predicted octanol–water partition coefficient (Wildman–Crippen LogP) is 4.74. The number of carbonyl (C=O) groups is 2. The van der Waals surface area contributed by atoms with E-state index < -0.39 is 23.6 Å². The van der Waals surface area contributed by atoms with E-state index in [2.05, 4.69) is 9.97 Å². The van der Waals surface area contributed by atoms with Gasteiger partial charge in [-0.05, 0) is 55.5 Å². The second-order valence-corrected chi connectivity index (χ2v) is 11.2. The van der Waals surface area contributed by atoms with Crippen molar-refractivity contribution in [1.29, 1.82) is 0 Å². The number of amides is 2. The van der Waals surface area contributed by atoms with Crippen molar-refractivity contribution in [3.63, 3.8) is 0 Å². The summed E-state index contributed by atoms with van der Waals surface area (Å²) in [6.07, 6.45) is 2.83. The minimum absolute atomic E-state index is 0.0176. The van der Waals surface area contributed by atoms with Crippen LogP contribution in [-0.4, -0.2) is 68.1 Å². The molecule has 5 rings (SSSR count). The highest BCUT2D eigenvalue weighted by molar-refractivity contribution is 6.30. The Balaban J connectivity index is 0.000000507. The number of hydrogen-bond acceptors (Lipinski definition) is 7. The number of likely N-dealkylation sites (tertiary alicyclic amines) is 1. The maximum Gasteiger partial charge on any atom is 0.257 e. The lowest BCUT2D eigenvalue weighted by molar-refractivity contribution is -0.132. The number of aliphatic hydroxyl groups excluding tert-OH is 1. The van der Waals surface area contributed by atoms with E-state index in [0.717, 1.165) is 5.02 Å². The number of carbonyl (C=O) groups excluding carboxylic acids is 2. The fourth-order valence-electron chi connectivity index (χ4n) is 5.23. The van der Waals surface area contributed by atoms with Gasteiger partial charge in [0.2, 0.25) is 5.91 Å². The molecule has 3 heterocycles. The van der Waals surface area contributed by atoms with E-state index in [9.17, 15) is 19.8 Å². The number of piperidine rings is 1. The minimum Gasteiger partial charge on any atom is -0.394 e. The molecule has 2 amide bonds. The highest BCUT2D eigenvalue weighted by Crippen LogP contribution is 2.42. The number of benzene rings is 2. The summed E-state index contributed by atoms with van der Waals surface area (Å²) in [5, 5.41) is 21.8. The normalized spacial score (nSPS) is 18.3. The molecule has 2 aromatic carbocycles. The van der Waals surface area contributed by atoms with Gasteiger partial charge in [-0.3, -0.25) is 9.59 Å². The first-order chi connectivity index (χ1) is 20.0. The van der Waals surface area contributed by atoms with E-state index in [0.29, 0.717) is 31.0 Å². The average molecular weight is 620 g/mol. The number of ether oxygens (including phenoxy) is 1. The quantitative estimate of drug-likeness (QED) is 0.393. The lowest BCUT2D eigenvalue weighted by Gasteiger charge is -2.39. The molecule has 2 aliphatic heterocycles. The van der Waals surface area contributed by atoms with Gasteiger partial charge in [0.25, 0.3) is 5.91 Å². The lowest BCUT2D eigenvalue weighted by Crippen LogP contribution is -2.43. The molecule has 0 aliphatic carbocycles. The summed E-state index contributed by atoms with van der Waals surface area (Å²) in [5.74, 6) is -1.12. The van der Waals surface area contributed by atoms with Crippen molar-refractivity contribution in [3.05, 3.63) is 93.2 Å². The fraction of sp³-hybridized carbons (Fsp3) is 0.400. The van der Waals surface area contributed by atoms with Gasteiger partial charge in [-0.15, -0.1) is 0 Å². The Morgan fingerprint density at radius 2 is 1.76 bits per heavy atom. The first kappa shape index (κ1) is 31.8. The van der Waals surface area contributed by atoms with Crippen LogP contribution in [-0.2, 0) is 21.7 Å². The molecule has 0 saturated carbocycles. The average Bonchev–Trinajstić information content (AvgIpc) is 3.24. The van der Waals surface area contributed by atoms with Crippen molar-refractivity contribution in [2.45, 2.75) is 45.1 Å². The molecular formula is C30H33Cl2FN4O5. The molecule has 12 heteroatoms. The van der Waals surface area contributed by atoms with E-state index in [1.807, 2.05) is 30.3 Å². The molecule has 224 valence electrons. The maximum absolute atomic E-state index is 15.5. The van der Waals surface area contributed by atoms with Gasteiger partial charge in [0.15, 0.2) is 6.23 Å². The smallest absolute Gasteiger partial charge is 0.257 e. The molecule has 1 aromatic heterocycles. The molecule has 2 atom stereocenters. The van der Waals surface area contributed by atoms with Crippen LogP contribution in [0.25, 0.3) is 0 Å². The summed E-state index contributed by atoms with van der Waals surface area (Å²) in [6.45, 7) is 3.66. The molecule has 1 saturated heterocycles. The van der Waals surface area contributed by atoms with Crippen molar-refractivity contribution in [1.82, 2.24) is 19.8 Å². The third-order valence-corrected chi connectivity index (χ3v) is 8.00. The van der Waals surface area contributed by atoms with Crippen LogP contribution in [0.5, 0.6) is 0 Å². The van der Waals surface area contributed by atoms with Crippen LogP contribution >= 0.6 is 23.2 Å². The van der Waals surface area contributed by atoms with Crippen LogP contribution in [0, 0.1) is 11.7 Å². The molecule has 0 spiro atoms. The standard InChI is InChI=1S/C24H28ClFN4O5.C6H5Cl/c1-14(32)29-5-3-15(4-6-29)24(2,34)16-9-18-21(19(26)10-16)23(35-8-7-31)30(22(18)33)13-20-27-11-17(25)12-28-20;7-6-4-2-1-3-5-6/h9-12,15,23,31,34H,3-8,13H2,1-2H3;1-5H/t23-,24?;/m1./s1. The minimum atomic E-state index is -1.41. The van der Waals surface area contributed by atoms with E-state index in [4.69, 9.17) is 27.9 Å². The number of hydrogen-bond donors (Lipinski definition) is 2. The van der Waals surface area contributed by atoms with Gasteiger partial charge in [-0.25, -0.2) is 14.4 Å². The molecule has 42 heavy (non-hydrogen) atoms. The van der Waals surface area contributed by atoms with E-state index in [-0.39, 0.29) is 54.1 Å². The SMILES string of the molecule is CC(=O)N1CCC(C(C)(O)c2cc(F)c3c(c2)C(=O)N(Cc2ncc(Cl)cn2)[C@@H]3OCCO)CC1.Clc1ccccc1. The number of aliphatic hydroxyl groups is 2. The molecule has 3 aromatic rings. The Morgan fingerprint density at radius 3 is 2.31 bits per heavy atom. The monoisotopic (exact) mass is 618 g/mol. The summed E-state index contributed by atoms with van der Waals surface area (Å²) in [5.41, 5.74) is -0.997. The van der Waals surface area contributed by atoms with Gasteiger partial charge >= 0.3 is 0 Å². The Labute approximate surface area is 253 Å². The number of aromatic nitrogens is 2. The maximum atomic E-state index is 15.5. The van der Waals surface area contributed by atoms with Crippen LogP contribution in [0.3, 0.4) is 0 Å². The summed E-state index contributed by atoms with van der Waals surface area (Å²) in [6, 6.07) is 12.2. The van der Waals surface area contributed by atoms with Crippen LogP contribution < -0.4 is 0 Å². The molecule has 0 radical (unpaired) electrons. The highest BCUT2D eigenvalue weighted by Gasteiger charge is 2.43. The molecule has 2 N–H and O–H groups in total. The second kappa shape index (κ2) is 13.9. The fourth-order valence-corrected chi connectivity index (χ4v) is 5.47. The third-order valence-electron chi connectivity index (χ3n) is 7.56. The Hall–Kier alpha value is -3.15.